The van der Waals surface area contributed by atoms with Crippen molar-refractivity contribution in [2.24, 2.45) is 11.3 Å². The van der Waals surface area contributed by atoms with Gasteiger partial charge in [0.2, 0.25) is 5.91 Å². The van der Waals surface area contributed by atoms with E-state index >= 15 is 0 Å². The second kappa shape index (κ2) is 9.46. The largest absolute Gasteiger partial charge is 0.334 e. The molecule has 1 atom stereocenters. The summed E-state index contributed by atoms with van der Waals surface area (Å²) >= 11 is 0. The molecule has 0 bridgehead atoms. The minimum atomic E-state index is -0.0180. The predicted octanol–water partition coefficient (Wildman–Crippen LogP) is 5.86. The van der Waals surface area contributed by atoms with E-state index < -0.39 is 0 Å². The van der Waals surface area contributed by atoms with Crippen LogP contribution in [0.2, 0.25) is 0 Å². The SMILES string of the molecule is CCCCCCn1nc([C@@H]2CCCN2C(=O)C2CCCCC2)c2c1CC(C)(C)CC2=O. The van der Waals surface area contributed by atoms with Gasteiger partial charge in [0.1, 0.15) is 0 Å². The van der Waals surface area contributed by atoms with Crippen LogP contribution in [-0.2, 0) is 17.8 Å². The predicted molar refractivity (Wildman–Crippen MR) is 123 cm³/mol. The first-order valence-electron chi connectivity index (χ1n) is 12.8. The summed E-state index contributed by atoms with van der Waals surface area (Å²) in [5.41, 5.74) is 2.89. The number of nitrogens with zero attached hydrogens (tertiary/aromatic N) is 3. The first kappa shape index (κ1) is 22.5. The van der Waals surface area contributed by atoms with Crippen LogP contribution >= 0.6 is 0 Å². The zero-order valence-electron chi connectivity index (χ0n) is 19.9. The van der Waals surface area contributed by atoms with Crippen molar-refractivity contribution in [1.29, 1.82) is 0 Å². The quantitative estimate of drug-likeness (QED) is 0.512. The third-order valence-corrected chi connectivity index (χ3v) is 7.68. The highest BCUT2D eigenvalue weighted by molar-refractivity contribution is 6.00. The van der Waals surface area contributed by atoms with Crippen LogP contribution in [0.4, 0.5) is 0 Å². The lowest BCUT2D eigenvalue weighted by atomic mass is 9.75. The fourth-order valence-electron chi connectivity index (χ4n) is 6.04. The molecule has 1 amide bonds. The van der Waals surface area contributed by atoms with E-state index in [0.29, 0.717) is 12.3 Å². The lowest BCUT2D eigenvalue weighted by Gasteiger charge is -2.32. The third-order valence-electron chi connectivity index (χ3n) is 7.68. The summed E-state index contributed by atoms with van der Waals surface area (Å²) in [5, 5.41) is 5.07. The molecule has 1 saturated heterocycles. The Morgan fingerprint density at radius 3 is 2.55 bits per heavy atom. The van der Waals surface area contributed by atoms with Gasteiger partial charge in [-0.05, 0) is 43.9 Å². The maximum absolute atomic E-state index is 13.4. The molecule has 2 fully saturated rings. The van der Waals surface area contributed by atoms with Crippen molar-refractivity contribution in [1.82, 2.24) is 14.7 Å². The van der Waals surface area contributed by atoms with E-state index in [1.54, 1.807) is 0 Å². The van der Waals surface area contributed by atoms with Gasteiger partial charge in [-0.25, -0.2) is 0 Å². The summed E-state index contributed by atoms with van der Waals surface area (Å²) in [6, 6.07) is -0.00905. The molecule has 2 heterocycles. The molecular formula is C26H41N3O2. The summed E-state index contributed by atoms with van der Waals surface area (Å²) in [4.78, 5) is 28.8. The molecule has 0 radical (unpaired) electrons. The molecule has 0 aromatic carbocycles. The van der Waals surface area contributed by atoms with Gasteiger partial charge in [0, 0.05) is 25.4 Å². The number of fused-ring (bicyclic) bond motifs is 1. The van der Waals surface area contributed by atoms with Crippen molar-refractivity contribution >= 4 is 11.7 Å². The minimum Gasteiger partial charge on any atom is -0.334 e. The molecule has 5 nitrogen and oxygen atoms in total. The van der Waals surface area contributed by atoms with E-state index in [1.807, 2.05) is 0 Å². The molecule has 1 saturated carbocycles. The fourth-order valence-corrected chi connectivity index (χ4v) is 6.04. The Labute approximate surface area is 187 Å². The van der Waals surface area contributed by atoms with Gasteiger partial charge in [-0.15, -0.1) is 0 Å². The molecule has 1 aromatic rings. The van der Waals surface area contributed by atoms with Gasteiger partial charge in [-0.2, -0.15) is 5.10 Å². The van der Waals surface area contributed by atoms with Crippen molar-refractivity contribution < 1.29 is 9.59 Å². The normalized spacial score (nSPS) is 23.9. The number of ketones is 1. The molecule has 5 heteroatoms. The van der Waals surface area contributed by atoms with Gasteiger partial charge in [-0.1, -0.05) is 59.3 Å². The number of unbranched alkanes of at least 4 members (excludes halogenated alkanes) is 3. The van der Waals surface area contributed by atoms with Gasteiger partial charge in [0.05, 0.1) is 23.0 Å². The summed E-state index contributed by atoms with van der Waals surface area (Å²) in [7, 11) is 0. The maximum Gasteiger partial charge on any atom is 0.226 e. The second-order valence-electron chi connectivity index (χ2n) is 11.0. The van der Waals surface area contributed by atoms with Crippen LogP contribution in [0.5, 0.6) is 0 Å². The molecule has 0 N–H and O–H groups in total. The van der Waals surface area contributed by atoms with Crippen LogP contribution < -0.4 is 0 Å². The standard InChI is InChI=1S/C26H41N3O2/c1-4-5-6-10-16-29-21-17-26(2,3)18-22(30)23(21)24(27-29)20-14-11-15-28(20)25(31)19-12-8-7-9-13-19/h19-20H,4-18H2,1-3H3/t20-/m0/s1. The van der Waals surface area contributed by atoms with Crippen LogP contribution in [-0.4, -0.2) is 32.9 Å². The zero-order chi connectivity index (χ0) is 22.0. The minimum absolute atomic E-state index is 0.00905. The number of rotatable bonds is 7. The summed E-state index contributed by atoms with van der Waals surface area (Å²) in [5.74, 6) is 0.728. The number of hydrogen-bond donors (Lipinski definition) is 0. The van der Waals surface area contributed by atoms with E-state index in [9.17, 15) is 9.59 Å². The molecule has 0 spiro atoms. The van der Waals surface area contributed by atoms with Crippen LogP contribution in [0.1, 0.15) is 126 Å². The van der Waals surface area contributed by atoms with Crippen molar-refractivity contribution in [3.63, 3.8) is 0 Å². The number of hydrogen-bond acceptors (Lipinski definition) is 3. The lowest BCUT2D eigenvalue weighted by molar-refractivity contribution is -0.137. The Kier molecular flexibility index (Phi) is 6.88. The summed E-state index contributed by atoms with van der Waals surface area (Å²) in [6.45, 7) is 8.31. The first-order chi connectivity index (χ1) is 14.9. The highest BCUT2D eigenvalue weighted by Crippen LogP contribution is 2.42. The maximum atomic E-state index is 13.4. The van der Waals surface area contributed by atoms with E-state index in [2.05, 4.69) is 30.4 Å². The van der Waals surface area contributed by atoms with Crippen LogP contribution in [0, 0.1) is 11.3 Å². The second-order valence-corrected chi connectivity index (χ2v) is 11.0. The average molecular weight is 428 g/mol. The Hall–Kier alpha value is -1.65. The monoisotopic (exact) mass is 427 g/mol. The Bertz CT molecular complexity index is 804. The number of Topliss-reactive ketones (excluding diaryl/α,β-unsaturated/α-hetero) is 1. The molecule has 3 aliphatic rings. The zero-order valence-corrected chi connectivity index (χ0v) is 19.9. The highest BCUT2D eigenvalue weighted by atomic mass is 16.2. The van der Waals surface area contributed by atoms with E-state index in [1.165, 1.54) is 38.5 Å². The highest BCUT2D eigenvalue weighted by Gasteiger charge is 2.42. The van der Waals surface area contributed by atoms with Crippen molar-refractivity contribution in [2.75, 3.05) is 6.54 Å². The van der Waals surface area contributed by atoms with Crippen molar-refractivity contribution in [3.8, 4) is 0 Å². The van der Waals surface area contributed by atoms with Crippen molar-refractivity contribution in [3.05, 3.63) is 17.0 Å². The summed E-state index contributed by atoms with van der Waals surface area (Å²) in [6.07, 6.45) is 13.9. The number of aromatic nitrogens is 2. The third kappa shape index (κ3) is 4.75. The van der Waals surface area contributed by atoms with E-state index in [-0.39, 0.29) is 23.2 Å². The van der Waals surface area contributed by atoms with Gasteiger partial charge in [0.15, 0.2) is 5.78 Å². The molecule has 1 aliphatic heterocycles. The molecule has 31 heavy (non-hydrogen) atoms. The Morgan fingerprint density at radius 1 is 1.03 bits per heavy atom. The Balaban J connectivity index is 1.63. The number of likely N-dealkylation sites (tertiary alicyclic amines) is 1. The number of carbonyl (C=O) groups excluding carboxylic acids is 2. The first-order valence-corrected chi connectivity index (χ1v) is 12.8. The number of carbonyl (C=O) groups is 2. The van der Waals surface area contributed by atoms with Crippen LogP contribution in [0.15, 0.2) is 0 Å². The van der Waals surface area contributed by atoms with E-state index in [0.717, 1.165) is 68.6 Å². The van der Waals surface area contributed by atoms with Crippen LogP contribution in [0.25, 0.3) is 0 Å². The topological polar surface area (TPSA) is 55.2 Å². The average Bonchev–Trinajstić information content (AvgIpc) is 3.35. The van der Waals surface area contributed by atoms with Gasteiger partial charge >= 0.3 is 0 Å². The molecule has 172 valence electrons. The van der Waals surface area contributed by atoms with Gasteiger partial charge < -0.3 is 4.90 Å². The fraction of sp³-hybridized carbons (Fsp3) is 0.808. The molecular weight excluding hydrogens is 386 g/mol. The molecule has 4 rings (SSSR count). The van der Waals surface area contributed by atoms with Gasteiger partial charge in [0.25, 0.3) is 0 Å². The molecule has 0 unspecified atom stereocenters. The van der Waals surface area contributed by atoms with Crippen molar-refractivity contribution in [2.45, 2.75) is 117 Å². The molecule has 1 aromatic heterocycles. The number of aryl methyl sites for hydroxylation is 1. The summed E-state index contributed by atoms with van der Waals surface area (Å²) < 4.78 is 2.14. The van der Waals surface area contributed by atoms with Crippen LogP contribution in [0.3, 0.4) is 0 Å². The number of amides is 1. The Morgan fingerprint density at radius 2 is 1.81 bits per heavy atom. The van der Waals surface area contributed by atoms with E-state index in [4.69, 9.17) is 5.10 Å². The smallest absolute Gasteiger partial charge is 0.226 e. The lowest BCUT2D eigenvalue weighted by Crippen LogP contribution is -2.37. The van der Waals surface area contributed by atoms with Gasteiger partial charge in [-0.3, -0.25) is 14.3 Å². The molecule has 2 aliphatic carbocycles.